The number of hydrazine groups is 1. The first kappa shape index (κ1) is 30.4. The van der Waals surface area contributed by atoms with Crippen molar-refractivity contribution in [2.24, 2.45) is 9.98 Å². The van der Waals surface area contributed by atoms with Gasteiger partial charge < -0.3 is 9.84 Å². The highest BCUT2D eigenvalue weighted by molar-refractivity contribution is 6.05. The Labute approximate surface area is 234 Å². The number of nitrogens with zero attached hydrogens (tertiary/aromatic N) is 6. The van der Waals surface area contributed by atoms with E-state index in [1.54, 1.807) is 17.2 Å². The zero-order chi connectivity index (χ0) is 28.9. The molecule has 1 aromatic heterocycles. The fourth-order valence-electron chi connectivity index (χ4n) is 3.92. The van der Waals surface area contributed by atoms with Gasteiger partial charge in [-0.2, -0.15) is 0 Å². The van der Waals surface area contributed by atoms with Crippen LogP contribution in [0.15, 0.2) is 81.8 Å². The smallest absolute Gasteiger partial charge is 0.254 e. The second-order valence-electron chi connectivity index (χ2n) is 9.04. The summed E-state index contributed by atoms with van der Waals surface area (Å²) in [4.78, 5) is 31.9. The zero-order valence-electron chi connectivity index (χ0n) is 23.3. The first-order chi connectivity index (χ1) is 19.3. The molecule has 2 heterocycles. The van der Waals surface area contributed by atoms with Crippen molar-refractivity contribution in [3.8, 4) is 0 Å². The monoisotopic (exact) mass is 552 g/mol. The van der Waals surface area contributed by atoms with Crippen molar-refractivity contribution in [3.05, 3.63) is 71.8 Å². The molecule has 3 rings (SSSR count). The Bertz CT molecular complexity index is 1230. The average molecular weight is 553 g/mol. The molecule has 0 aromatic carbocycles. The maximum atomic E-state index is 13.6. The van der Waals surface area contributed by atoms with E-state index < -0.39 is 11.7 Å². The van der Waals surface area contributed by atoms with Crippen LogP contribution in [0.2, 0.25) is 0 Å². The topological polar surface area (TPSA) is 128 Å². The lowest BCUT2D eigenvalue weighted by atomic mass is 10.1. The van der Waals surface area contributed by atoms with Gasteiger partial charge in [0.1, 0.15) is 29.3 Å². The predicted molar refractivity (Wildman–Crippen MR) is 154 cm³/mol. The molecule has 0 spiro atoms. The number of halogens is 1. The van der Waals surface area contributed by atoms with Crippen LogP contribution in [0.1, 0.15) is 40.5 Å². The van der Waals surface area contributed by atoms with Crippen LogP contribution in [0.5, 0.6) is 0 Å². The quantitative estimate of drug-likeness (QED) is 0.263. The predicted octanol–water partition coefficient (Wildman–Crippen LogP) is 3.91. The average Bonchev–Trinajstić information content (AvgIpc) is 3.18. The Morgan fingerprint density at radius 2 is 2.17 bits per heavy atom. The zero-order valence-corrected chi connectivity index (χ0v) is 23.3. The highest BCUT2D eigenvalue weighted by atomic mass is 19.1. The first-order valence-electron chi connectivity index (χ1n) is 13.2. The minimum Gasteiger partial charge on any atom is -0.497 e. The fourth-order valence-corrected chi connectivity index (χ4v) is 3.92. The summed E-state index contributed by atoms with van der Waals surface area (Å²) in [6, 6.07) is 0.124. The summed E-state index contributed by atoms with van der Waals surface area (Å²) >= 11 is 0. The molecule has 214 valence electrons. The SMILES string of the molecule is C/C=C1\C(=Nc2cnc(NC(=O)C3=CC(F)=CC=CC3)nc2)N=CNN1/C=C(\C)OCCCN(CC)[C@@H](C)CO. The van der Waals surface area contributed by atoms with E-state index in [1.807, 2.05) is 33.0 Å². The van der Waals surface area contributed by atoms with Crippen molar-refractivity contribution < 1.29 is 19.0 Å². The Morgan fingerprint density at radius 3 is 2.88 bits per heavy atom. The van der Waals surface area contributed by atoms with Crippen molar-refractivity contribution >= 4 is 29.7 Å². The van der Waals surface area contributed by atoms with Crippen LogP contribution in [0.25, 0.3) is 0 Å². The van der Waals surface area contributed by atoms with E-state index in [2.05, 4.69) is 42.5 Å². The molecule has 12 heteroatoms. The molecule has 0 fully saturated rings. The van der Waals surface area contributed by atoms with Gasteiger partial charge in [0.15, 0.2) is 5.84 Å². The van der Waals surface area contributed by atoms with Gasteiger partial charge in [0.25, 0.3) is 5.91 Å². The van der Waals surface area contributed by atoms with Crippen LogP contribution in [-0.4, -0.2) is 75.4 Å². The fraction of sp³-hybridized carbons (Fsp3) is 0.393. The van der Waals surface area contributed by atoms with Gasteiger partial charge in [0.05, 0.1) is 31.8 Å². The number of rotatable bonds is 12. The first-order valence-corrected chi connectivity index (χ1v) is 13.2. The van der Waals surface area contributed by atoms with Gasteiger partial charge in [-0.3, -0.25) is 25.4 Å². The highest BCUT2D eigenvalue weighted by Gasteiger charge is 2.18. The lowest BCUT2D eigenvalue weighted by Crippen LogP contribution is -2.38. The number of likely N-dealkylation sites (N-methyl/N-ethyl adjacent to an activating group) is 1. The van der Waals surface area contributed by atoms with Gasteiger partial charge in [0.2, 0.25) is 5.95 Å². The van der Waals surface area contributed by atoms with Gasteiger partial charge in [-0.15, -0.1) is 0 Å². The Morgan fingerprint density at radius 1 is 1.40 bits per heavy atom. The maximum Gasteiger partial charge on any atom is 0.254 e. The molecule has 40 heavy (non-hydrogen) atoms. The third-order valence-corrected chi connectivity index (χ3v) is 6.10. The number of allylic oxidation sites excluding steroid dienone is 7. The number of aromatic nitrogens is 2. The molecule has 0 bridgehead atoms. The molecule has 0 unspecified atom stereocenters. The normalized spacial score (nSPS) is 18.4. The standard InChI is InChI=1S/C28H37FN8O3/c1-5-25-26(32-19-33-37(25)17-21(4)40-13-9-12-36(6-2)20(3)18-38)34-24-15-30-28(31-16-24)35-27(39)22-10-7-8-11-23(29)14-22/h5,7-8,11,14-17,19-20,38H,6,9-10,12-13,18H2,1-4H3,(H,32,33,34)(H,30,31,35,39)/b21-17+,25-5+/t20-/m0/s1. The summed E-state index contributed by atoms with van der Waals surface area (Å²) in [5.74, 6) is 0.248. The number of ether oxygens (including phenoxy) is 1. The minimum atomic E-state index is -0.494. The van der Waals surface area contributed by atoms with Crippen molar-refractivity contribution in [2.75, 3.05) is 31.6 Å². The number of nitrogens with one attached hydrogen (secondary N) is 2. The third-order valence-electron chi connectivity index (χ3n) is 6.10. The van der Waals surface area contributed by atoms with E-state index in [4.69, 9.17) is 4.74 Å². The van der Waals surface area contributed by atoms with Gasteiger partial charge >= 0.3 is 0 Å². The summed E-state index contributed by atoms with van der Waals surface area (Å²) in [5, 5.41) is 13.7. The second-order valence-corrected chi connectivity index (χ2v) is 9.04. The maximum absolute atomic E-state index is 13.6. The minimum absolute atomic E-state index is 0.0812. The van der Waals surface area contributed by atoms with Gasteiger partial charge in [-0.25, -0.2) is 24.3 Å². The lowest BCUT2D eigenvalue weighted by molar-refractivity contribution is -0.113. The number of amidine groups is 1. The number of carbonyl (C=O) groups excluding carboxylic acids is 1. The number of hydrogen-bond acceptors (Lipinski definition) is 9. The van der Waals surface area contributed by atoms with Gasteiger partial charge in [-0.05, 0) is 52.3 Å². The van der Waals surface area contributed by atoms with Gasteiger partial charge in [-0.1, -0.05) is 25.2 Å². The van der Waals surface area contributed by atoms with E-state index >= 15 is 0 Å². The molecule has 2 aliphatic rings. The Balaban J connectivity index is 1.60. The number of aliphatic hydroxyl groups is 1. The van der Waals surface area contributed by atoms with Crippen molar-refractivity contribution in [3.63, 3.8) is 0 Å². The van der Waals surface area contributed by atoms with E-state index in [9.17, 15) is 14.3 Å². The number of anilines is 1. The van der Waals surface area contributed by atoms with Crippen LogP contribution in [0, 0.1) is 0 Å². The third kappa shape index (κ3) is 8.95. The number of aliphatic imine (C=N–C) groups is 2. The molecular formula is C28H37FN8O3. The molecule has 1 aromatic rings. The Kier molecular flexibility index (Phi) is 11.7. The van der Waals surface area contributed by atoms with Crippen LogP contribution in [-0.2, 0) is 9.53 Å². The summed E-state index contributed by atoms with van der Waals surface area (Å²) in [7, 11) is 0. The Hall–Kier alpha value is -4.16. The number of hydrogen-bond donors (Lipinski definition) is 3. The summed E-state index contributed by atoms with van der Waals surface area (Å²) in [6.45, 7) is 10.2. The molecule has 0 radical (unpaired) electrons. The molecule has 1 atom stereocenters. The molecular weight excluding hydrogens is 515 g/mol. The van der Waals surface area contributed by atoms with Crippen molar-refractivity contribution in [1.29, 1.82) is 0 Å². The molecule has 11 nitrogen and oxygen atoms in total. The van der Waals surface area contributed by atoms with Crippen molar-refractivity contribution in [1.82, 2.24) is 25.3 Å². The molecule has 1 aliphatic heterocycles. The lowest BCUT2D eigenvalue weighted by Gasteiger charge is -2.27. The summed E-state index contributed by atoms with van der Waals surface area (Å²) in [6.07, 6.45) is 15.0. The van der Waals surface area contributed by atoms with E-state index in [0.29, 0.717) is 36.0 Å². The van der Waals surface area contributed by atoms with Gasteiger partial charge in [0, 0.05) is 18.2 Å². The molecule has 1 aliphatic carbocycles. The molecule has 3 N–H and O–H groups in total. The van der Waals surface area contributed by atoms with E-state index in [-0.39, 0.29) is 24.2 Å². The van der Waals surface area contributed by atoms with Crippen LogP contribution in [0.4, 0.5) is 16.0 Å². The molecule has 1 amide bonds. The number of amides is 1. The van der Waals surface area contributed by atoms with E-state index in [0.717, 1.165) is 19.5 Å². The summed E-state index contributed by atoms with van der Waals surface area (Å²) < 4.78 is 19.5. The number of aliphatic hydroxyl groups excluding tert-OH is 1. The van der Waals surface area contributed by atoms with Crippen LogP contribution in [0.3, 0.4) is 0 Å². The second kappa shape index (κ2) is 15.4. The van der Waals surface area contributed by atoms with E-state index in [1.165, 1.54) is 30.9 Å². The largest absolute Gasteiger partial charge is 0.497 e. The van der Waals surface area contributed by atoms with Crippen LogP contribution >= 0.6 is 0 Å². The number of carbonyl (C=O) groups is 1. The highest BCUT2D eigenvalue weighted by Crippen LogP contribution is 2.19. The summed E-state index contributed by atoms with van der Waals surface area (Å²) in [5.41, 5.74) is 4.46. The van der Waals surface area contributed by atoms with Crippen molar-refractivity contribution in [2.45, 2.75) is 46.6 Å². The molecule has 0 saturated heterocycles. The van der Waals surface area contributed by atoms with Crippen LogP contribution < -0.4 is 10.7 Å². The molecule has 0 saturated carbocycles.